The lowest BCUT2D eigenvalue weighted by Gasteiger charge is -2.16. The van der Waals surface area contributed by atoms with Gasteiger partial charge in [-0.15, -0.1) is 0 Å². The van der Waals surface area contributed by atoms with Crippen molar-refractivity contribution in [1.82, 2.24) is 4.72 Å². The van der Waals surface area contributed by atoms with Crippen LogP contribution in [-0.4, -0.2) is 6.29 Å². The average molecular weight is 449 g/mol. The molecule has 0 bridgehead atoms. The van der Waals surface area contributed by atoms with Crippen molar-refractivity contribution in [2.75, 3.05) is 0 Å². The number of carbonyl (C=O) groups is 1. The number of hydrogen-bond donors (Lipinski definition) is 0. The van der Waals surface area contributed by atoms with E-state index in [0.29, 0.717) is 15.6 Å². The minimum absolute atomic E-state index is 0.558. The molecule has 0 saturated carbocycles. The number of carbonyl (C=O) groups excluding carboxylic acids is 1. The Kier molecular flexibility index (Phi) is 6.44. The SMILES string of the molecule is O=Cc1cc(-c2ccccc2)c([N]Sc2cc(Cl)cc(Cl)c2)c(-c2ccccc2)c1. The molecule has 4 aromatic rings. The zero-order chi connectivity index (χ0) is 20.9. The quantitative estimate of drug-likeness (QED) is 0.220. The molecule has 30 heavy (non-hydrogen) atoms. The van der Waals surface area contributed by atoms with Crippen LogP contribution in [0.2, 0.25) is 10.0 Å². The maximum absolute atomic E-state index is 11.7. The normalized spacial score (nSPS) is 10.6. The second-order valence-corrected chi connectivity index (χ2v) is 8.31. The van der Waals surface area contributed by atoms with E-state index in [2.05, 4.69) is 0 Å². The molecule has 0 aliphatic rings. The van der Waals surface area contributed by atoms with Gasteiger partial charge in [-0.2, -0.15) is 0 Å². The minimum atomic E-state index is 0.558. The van der Waals surface area contributed by atoms with Crippen LogP contribution in [0.1, 0.15) is 10.4 Å². The minimum Gasteiger partial charge on any atom is -0.298 e. The summed E-state index contributed by atoms with van der Waals surface area (Å²) in [5.41, 5.74) is 5.14. The largest absolute Gasteiger partial charge is 0.298 e. The van der Waals surface area contributed by atoms with E-state index in [9.17, 15) is 4.79 Å². The monoisotopic (exact) mass is 448 g/mol. The van der Waals surface area contributed by atoms with Crippen LogP contribution in [0.5, 0.6) is 0 Å². The van der Waals surface area contributed by atoms with Crippen molar-refractivity contribution in [2.45, 2.75) is 4.90 Å². The van der Waals surface area contributed by atoms with Gasteiger partial charge in [-0.25, -0.2) is 4.72 Å². The Morgan fingerprint density at radius 1 is 0.700 bits per heavy atom. The lowest BCUT2D eigenvalue weighted by atomic mass is 9.94. The second-order valence-electron chi connectivity index (χ2n) is 6.60. The van der Waals surface area contributed by atoms with Crippen molar-refractivity contribution in [2.24, 2.45) is 0 Å². The van der Waals surface area contributed by atoms with E-state index in [1.807, 2.05) is 84.9 Å². The summed E-state index contributed by atoms with van der Waals surface area (Å²) in [7, 11) is 0. The summed E-state index contributed by atoms with van der Waals surface area (Å²) < 4.78 is 4.87. The van der Waals surface area contributed by atoms with Crippen molar-refractivity contribution in [3.8, 4) is 22.3 Å². The molecule has 0 spiro atoms. The van der Waals surface area contributed by atoms with E-state index >= 15 is 0 Å². The molecule has 4 rings (SSSR count). The summed E-state index contributed by atoms with van der Waals surface area (Å²) in [4.78, 5) is 12.5. The highest BCUT2D eigenvalue weighted by Crippen LogP contribution is 2.41. The van der Waals surface area contributed by atoms with E-state index in [0.717, 1.165) is 39.1 Å². The number of rotatable bonds is 6. The summed E-state index contributed by atoms with van der Waals surface area (Å²) in [6.07, 6.45) is 0.868. The number of halogens is 2. The van der Waals surface area contributed by atoms with Gasteiger partial charge in [0, 0.05) is 43.6 Å². The molecule has 0 aromatic heterocycles. The molecular formula is C25H16Cl2NOS. The third-order valence-corrected chi connectivity index (χ3v) is 5.67. The maximum atomic E-state index is 11.7. The zero-order valence-electron chi connectivity index (χ0n) is 15.8. The van der Waals surface area contributed by atoms with Crippen molar-refractivity contribution in [3.63, 3.8) is 0 Å². The summed E-state index contributed by atoms with van der Waals surface area (Å²) in [5.74, 6) is 0. The Morgan fingerprint density at radius 2 is 1.20 bits per heavy atom. The topological polar surface area (TPSA) is 31.2 Å². The molecule has 0 aliphatic heterocycles. The van der Waals surface area contributed by atoms with Gasteiger partial charge in [0.15, 0.2) is 0 Å². The molecule has 0 fully saturated rings. The highest BCUT2D eigenvalue weighted by molar-refractivity contribution is 7.97. The summed E-state index contributed by atoms with van der Waals surface area (Å²) in [5, 5.41) is 1.12. The van der Waals surface area contributed by atoms with E-state index in [1.54, 1.807) is 6.07 Å². The third-order valence-electron chi connectivity index (χ3n) is 4.52. The molecule has 4 aromatic carbocycles. The molecule has 147 valence electrons. The first-order valence-electron chi connectivity index (χ1n) is 9.22. The molecule has 0 amide bonds. The van der Waals surface area contributed by atoms with Gasteiger partial charge in [-0.05, 0) is 41.5 Å². The van der Waals surface area contributed by atoms with Crippen LogP contribution in [0.4, 0.5) is 5.69 Å². The van der Waals surface area contributed by atoms with Gasteiger partial charge in [0.25, 0.3) is 0 Å². The van der Waals surface area contributed by atoms with Gasteiger partial charge in [-0.3, -0.25) is 4.79 Å². The molecule has 0 atom stereocenters. The van der Waals surface area contributed by atoms with Crippen LogP contribution < -0.4 is 4.72 Å². The smallest absolute Gasteiger partial charge is 0.150 e. The number of hydrogen-bond acceptors (Lipinski definition) is 2. The first-order chi connectivity index (χ1) is 14.6. The maximum Gasteiger partial charge on any atom is 0.150 e. The van der Waals surface area contributed by atoms with Gasteiger partial charge in [0.05, 0.1) is 5.69 Å². The fourth-order valence-corrected chi connectivity index (χ4v) is 4.59. The lowest BCUT2D eigenvalue weighted by Crippen LogP contribution is -1.96. The Bertz CT molecular complexity index is 1100. The first-order valence-corrected chi connectivity index (χ1v) is 10.8. The molecule has 1 radical (unpaired) electrons. The molecule has 0 saturated heterocycles. The number of aldehydes is 1. The molecule has 5 heteroatoms. The zero-order valence-corrected chi connectivity index (χ0v) is 18.1. The van der Waals surface area contributed by atoms with Crippen LogP contribution in [0, 0.1) is 0 Å². The number of benzene rings is 4. The molecule has 0 unspecified atom stereocenters. The van der Waals surface area contributed by atoms with Crippen molar-refractivity contribution in [3.05, 3.63) is 107 Å². The van der Waals surface area contributed by atoms with Gasteiger partial charge >= 0.3 is 0 Å². The third kappa shape index (κ3) is 4.71. The molecule has 0 heterocycles. The van der Waals surface area contributed by atoms with Crippen molar-refractivity contribution in [1.29, 1.82) is 0 Å². The summed E-state index contributed by atoms with van der Waals surface area (Å²) >= 11 is 13.6. The fourth-order valence-electron chi connectivity index (χ4n) is 3.18. The predicted octanol–water partition coefficient (Wildman–Crippen LogP) is 8.08. The highest BCUT2D eigenvalue weighted by atomic mass is 35.5. The van der Waals surface area contributed by atoms with E-state index < -0.39 is 0 Å². The molecule has 2 nitrogen and oxygen atoms in total. The average Bonchev–Trinajstić information content (AvgIpc) is 2.77. The van der Waals surface area contributed by atoms with E-state index in [4.69, 9.17) is 27.9 Å². The lowest BCUT2D eigenvalue weighted by molar-refractivity contribution is 0.112. The summed E-state index contributed by atoms with van der Waals surface area (Å²) in [6, 6.07) is 29.0. The summed E-state index contributed by atoms with van der Waals surface area (Å²) in [6.45, 7) is 0. The first kappa shape index (κ1) is 20.5. The van der Waals surface area contributed by atoms with Gasteiger partial charge in [-0.1, -0.05) is 83.9 Å². The van der Waals surface area contributed by atoms with Gasteiger partial charge in [0.1, 0.15) is 6.29 Å². The van der Waals surface area contributed by atoms with Gasteiger partial charge in [0.2, 0.25) is 0 Å². The standard InChI is InChI=1S/C25H16Cl2NOS/c26-20-13-21(27)15-22(14-20)30-28-25-23(18-7-3-1-4-8-18)11-17(16-29)12-24(25)19-9-5-2-6-10-19/h1-16H. The second kappa shape index (κ2) is 9.40. The van der Waals surface area contributed by atoms with Crippen LogP contribution >= 0.6 is 35.1 Å². The predicted molar refractivity (Wildman–Crippen MR) is 127 cm³/mol. The Labute approximate surface area is 190 Å². The van der Waals surface area contributed by atoms with Crippen LogP contribution in [0.25, 0.3) is 22.3 Å². The van der Waals surface area contributed by atoms with Gasteiger partial charge < -0.3 is 0 Å². The molecular weight excluding hydrogens is 433 g/mol. The molecule has 0 N–H and O–H groups in total. The number of nitrogens with zero attached hydrogens (tertiary/aromatic N) is 1. The highest BCUT2D eigenvalue weighted by Gasteiger charge is 2.16. The Balaban J connectivity index is 1.86. The fraction of sp³-hybridized carbons (Fsp3) is 0. The molecule has 0 aliphatic carbocycles. The van der Waals surface area contributed by atoms with Crippen LogP contribution in [0.3, 0.4) is 0 Å². The van der Waals surface area contributed by atoms with Crippen molar-refractivity contribution < 1.29 is 4.79 Å². The van der Waals surface area contributed by atoms with Crippen LogP contribution in [0.15, 0.2) is 95.9 Å². The van der Waals surface area contributed by atoms with E-state index in [-0.39, 0.29) is 0 Å². The Hall–Kier alpha value is -2.72. The Morgan fingerprint density at radius 3 is 1.67 bits per heavy atom. The van der Waals surface area contributed by atoms with Crippen LogP contribution in [-0.2, 0) is 0 Å². The van der Waals surface area contributed by atoms with Crippen molar-refractivity contribution >= 4 is 47.1 Å². The van der Waals surface area contributed by atoms with E-state index in [1.165, 1.54) is 11.9 Å².